The number of hydrogen-bond donors (Lipinski definition) is 3. The molecule has 9 heteroatoms. The SMILES string of the molecule is COc1ccc(CC(NC(=O)[C@@H](OC(=O)NCCc2ccccc2)C(C)C)C(O)CCN(C(C)=O)C(C)C)cc1. The summed E-state index contributed by atoms with van der Waals surface area (Å²) in [6, 6.07) is 16.4. The van der Waals surface area contributed by atoms with Gasteiger partial charge in [-0.05, 0) is 62.3 Å². The van der Waals surface area contributed by atoms with Crippen molar-refractivity contribution < 1.29 is 29.0 Å². The normalized spacial score (nSPS) is 13.3. The van der Waals surface area contributed by atoms with Crippen LogP contribution in [0.4, 0.5) is 4.79 Å². The van der Waals surface area contributed by atoms with Gasteiger partial charge in [0.1, 0.15) is 5.75 Å². The van der Waals surface area contributed by atoms with Crippen molar-refractivity contribution >= 4 is 17.9 Å². The van der Waals surface area contributed by atoms with E-state index in [0.717, 1.165) is 11.1 Å². The molecule has 0 saturated heterocycles. The van der Waals surface area contributed by atoms with Gasteiger partial charge < -0.3 is 30.1 Å². The fourth-order valence-electron chi connectivity index (χ4n) is 4.42. The van der Waals surface area contributed by atoms with E-state index in [1.54, 1.807) is 25.9 Å². The van der Waals surface area contributed by atoms with Crippen molar-refractivity contribution in [3.63, 3.8) is 0 Å². The van der Waals surface area contributed by atoms with Crippen molar-refractivity contribution in [2.75, 3.05) is 20.2 Å². The van der Waals surface area contributed by atoms with E-state index in [-0.39, 0.29) is 24.3 Å². The zero-order valence-electron chi connectivity index (χ0n) is 24.6. The molecule has 3 N–H and O–H groups in total. The van der Waals surface area contributed by atoms with Crippen molar-refractivity contribution in [3.05, 3.63) is 65.7 Å². The number of alkyl carbamates (subject to hydrolysis) is 1. The Hall–Kier alpha value is -3.59. The topological polar surface area (TPSA) is 117 Å². The molecule has 2 rings (SSSR count). The van der Waals surface area contributed by atoms with Crippen LogP contribution in [-0.4, -0.2) is 72.4 Å². The van der Waals surface area contributed by atoms with E-state index in [1.807, 2.05) is 68.4 Å². The summed E-state index contributed by atoms with van der Waals surface area (Å²) in [5.74, 6) is -0.166. The molecule has 2 aromatic rings. The summed E-state index contributed by atoms with van der Waals surface area (Å²) >= 11 is 0. The second kappa shape index (κ2) is 16.5. The van der Waals surface area contributed by atoms with Gasteiger partial charge in [-0.3, -0.25) is 9.59 Å². The zero-order valence-corrected chi connectivity index (χ0v) is 24.6. The van der Waals surface area contributed by atoms with Gasteiger partial charge in [-0.15, -0.1) is 0 Å². The lowest BCUT2D eigenvalue weighted by atomic mass is 9.97. The Bertz CT molecular complexity index is 1060. The number of aliphatic hydroxyl groups excluding tert-OH is 1. The van der Waals surface area contributed by atoms with Gasteiger partial charge in [-0.25, -0.2) is 4.79 Å². The second-order valence-electron chi connectivity index (χ2n) is 10.6. The van der Waals surface area contributed by atoms with Gasteiger partial charge >= 0.3 is 6.09 Å². The van der Waals surface area contributed by atoms with Crippen LogP contribution in [0.3, 0.4) is 0 Å². The molecule has 2 unspecified atom stereocenters. The van der Waals surface area contributed by atoms with E-state index >= 15 is 0 Å². The van der Waals surface area contributed by atoms with Crippen molar-refractivity contribution in [2.45, 2.75) is 78.2 Å². The summed E-state index contributed by atoms with van der Waals surface area (Å²) in [5.41, 5.74) is 1.97. The molecule has 0 fully saturated rings. The standard InChI is InChI=1S/C31H45N3O6/c1-21(2)29(40-31(38)32-18-16-24-10-8-7-9-11-24)30(37)33-27(20-25-12-14-26(39-6)15-13-25)28(36)17-19-34(22(3)4)23(5)35/h7-15,21-22,27-29,36H,16-20H2,1-6H3,(H,32,38)(H,33,37)/t27?,28?,29-/m0/s1. The van der Waals surface area contributed by atoms with Crippen molar-refractivity contribution in [3.8, 4) is 5.75 Å². The number of ether oxygens (including phenoxy) is 2. The first kappa shape index (κ1) is 32.6. The predicted molar refractivity (Wildman–Crippen MR) is 155 cm³/mol. The number of carbonyl (C=O) groups excluding carboxylic acids is 3. The van der Waals surface area contributed by atoms with Crippen LogP contribution in [0.2, 0.25) is 0 Å². The summed E-state index contributed by atoms with van der Waals surface area (Å²) in [6.45, 7) is 9.64. The lowest BCUT2D eigenvalue weighted by Gasteiger charge is -2.31. The molecule has 0 bridgehead atoms. The maximum Gasteiger partial charge on any atom is 0.407 e. The van der Waals surface area contributed by atoms with E-state index in [9.17, 15) is 19.5 Å². The third-order valence-corrected chi connectivity index (χ3v) is 6.72. The van der Waals surface area contributed by atoms with E-state index in [2.05, 4.69) is 10.6 Å². The van der Waals surface area contributed by atoms with Crippen LogP contribution in [0.1, 0.15) is 52.2 Å². The minimum Gasteiger partial charge on any atom is -0.497 e. The minimum atomic E-state index is -1.05. The highest BCUT2D eigenvalue weighted by Gasteiger charge is 2.31. The Labute approximate surface area is 238 Å². The minimum absolute atomic E-state index is 0.0153. The molecule has 9 nitrogen and oxygen atoms in total. The van der Waals surface area contributed by atoms with Crippen molar-refractivity contribution in [2.24, 2.45) is 5.92 Å². The van der Waals surface area contributed by atoms with Crippen molar-refractivity contribution in [1.82, 2.24) is 15.5 Å². The highest BCUT2D eigenvalue weighted by atomic mass is 16.6. The number of benzene rings is 2. The summed E-state index contributed by atoms with van der Waals surface area (Å²) < 4.78 is 10.8. The van der Waals surface area contributed by atoms with Gasteiger partial charge in [-0.2, -0.15) is 0 Å². The molecule has 3 atom stereocenters. The molecule has 3 amide bonds. The summed E-state index contributed by atoms with van der Waals surface area (Å²) in [4.78, 5) is 39.6. The fraction of sp³-hybridized carbons (Fsp3) is 0.516. The Morgan fingerprint density at radius 2 is 1.60 bits per heavy atom. The monoisotopic (exact) mass is 555 g/mol. The number of aliphatic hydroxyl groups is 1. The Morgan fingerprint density at radius 1 is 0.950 bits per heavy atom. The Morgan fingerprint density at radius 3 is 2.15 bits per heavy atom. The molecule has 220 valence electrons. The highest BCUT2D eigenvalue weighted by molar-refractivity contribution is 5.84. The van der Waals surface area contributed by atoms with Crippen LogP contribution < -0.4 is 15.4 Å². The van der Waals surface area contributed by atoms with E-state index in [4.69, 9.17) is 9.47 Å². The first-order valence-electron chi connectivity index (χ1n) is 13.9. The number of hydrogen-bond acceptors (Lipinski definition) is 6. The van der Waals surface area contributed by atoms with Crippen LogP contribution >= 0.6 is 0 Å². The molecule has 0 saturated carbocycles. The molecule has 0 spiro atoms. The van der Waals surface area contributed by atoms with Crippen LogP contribution in [0.15, 0.2) is 54.6 Å². The number of rotatable bonds is 15. The molecular formula is C31H45N3O6. The van der Waals surface area contributed by atoms with Crippen molar-refractivity contribution in [1.29, 1.82) is 0 Å². The fourth-order valence-corrected chi connectivity index (χ4v) is 4.42. The molecule has 0 radical (unpaired) electrons. The Kier molecular flexibility index (Phi) is 13.5. The van der Waals surface area contributed by atoms with E-state index < -0.39 is 30.3 Å². The van der Waals surface area contributed by atoms with Gasteiger partial charge in [0.25, 0.3) is 5.91 Å². The predicted octanol–water partition coefficient (Wildman–Crippen LogP) is 3.72. The summed E-state index contributed by atoms with van der Waals surface area (Å²) in [5, 5.41) is 16.8. The van der Waals surface area contributed by atoms with Crippen LogP contribution in [0, 0.1) is 5.92 Å². The lowest BCUT2D eigenvalue weighted by molar-refractivity contribution is -0.134. The molecule has 0 aliphatic rings. The molecule has 0 heterocycles. The quantitative estimate of drug-likeness (QED) is 0.308. The average Bonchev–Trinajstić information content (AvgIpc) is 2.91. The molecular weight excluding hydrogens is 510 g/mol. The summed E-state index contributed by atoms with van der Waals surface area (Å²) in [6.07, 6.45) is -1.42. The second-order valence-corrected chi connectivity index (χ2v) is 10.6. The van der Waals surface area contributed by atoms with Crippen LogP contribution in [0.5, 0.6) is 5.75 Å². The number of methoxy groups -OCH3 is 1. The molecule has 2 aromatic carbocycles. The lowest BCUT2D eigenvalue weighted by Crippen LogP contribution is -2.52. The Balaban J connectivity index is 2.09. The number of nitrogens with zero attached hydrogens (tertiary/aromatic N) is 1. The molecule has 0 aliphatic heterocycles. The van der Waals surface area contributed by atoms with Crippen LogP contribution in [-0.2, 0) is 27.2 Å². The maximum atomic E-state index is 13.4. The largest absolute Gasteiger partial charge is 0.497 e. The molecule has 0 aromatic heterocycles. The molecule has 0 aliphatic carbocycles. The smallest absolute Gasteiger partial charge is 0.407 e. The van der Waals surface area contributed by atoms with E-state index in [0.29, 0.717) is 31.7 Å². The van der Waals surface area contributed by atoms with Gasteiger partial charge in [0.05, 0.1) is 19.3 Å². The number of nitrogens with one attached hydrogen (secondary N) is 2. The summed E-state index contributed by atoms with van der Waals surface area (Å²) in [7, 11) is 1.58. The van der Waals surface area contributed by atoms with Gasteiger partial charge in [-0.1, -0.05) is 56.3 Å². The maximum absolute atomic E-state index is 13.4. The number of amides is 3. The zero-order chi connectivity index (χ0) is 29.7. The highest BCUT2D eigenvalue weighted by Crippen LogP contribution is 2.17. The number of carbonyl (C=O) groups is 3. The molecule has 40 heavy (non-hydrogen) atoms. The van der Waals surface area contributed by atoms with Gasteiger partial charge in [0.15, 0.2) is 6.10 Å². The van der Waals surface area contributed by atoms with Gasteiger partial charge in [0, 0.05) is 26.1 Å². The van der Waals surface area contributed by atoms with Gasteiger partial charge in [0.2, 0.25) is 5.91 Å². The average molecular weight is 556 g/mol. The van der Waals surface area contributed by atoms with Crippen LogP contribution in [0.25, 0.3) is 0 Å². The third-order valence-electron chi connectivity index (χ3n) is 6.72. The van der Waals surface area contributed by atoms with E-state index in [1.165, 1.54) is 6.92 Å². The third kappa shape index (κ3) is 10.9. The first-order valence-corrected chi connectivity index (χ1v) is 13.9. The first-order chi connectivity index (χ1) is 19.0.